The van der Waals surface area contributed by atoms with Gasteiger partial charge in [0.2, 0.25) is 5.91 Å². The topological polar surface area (TPSA) is 85.8 Å². The van der Waals surface area contributed by atoms with Crippen LogP contribution >= 0.6 is 11.8 Å². The molecular formula is C23H22FN5O2S. The molecule has 0 bridgehead atoms. The van der Waals surface area contributed by atoms with E-state index < -0.39 is 5.82 Å². The van der Waals surface area contributed by atoms with Crippen molar-refractivity contribution in [2.75, 3.05) is 11.1 Å². The quantitative estimate of drug-likeness (QED) is 0.411. The summed E-state index contributed by atoms with van der Waals surface area (Å²) in [6, 6.07) is 17.6. The van der Waals surface area contributed by atoms with Crippen molar-refractivity contribution >= 4 is 23.5 Å². The summed E-state index contributed by atoms with van der Waals surface area (Å²) < 4.78 is 21.1. The predicted molar refractivity (Wildman–Crippen MR) is 121 cm³/mol. The van der Waals surface area contributed by atoms with Crippen molar-refractivity contribution in [3.8, 4) is 17.1 Å². The Morgan fingerprint density at radius 1 is 1.09 bits per heavy atom. The zero-order valence-electron chi connectivity index (χ0n) is 17.9. The van der Waals surface area contributed by atoms with Gasteiger partial charge in [0.05, 0.1) is 22.7 Å². The summed E-state index contributed by atoms with van der Waals surface area (Å²) in [6.45, 7) is 6.19. The molecule has 0 unspecified atom stereocenters. The molecule has 0 aliphatic carbocycles. The summed E-state index contributed by atoms with van der Waals surface area (Å²) in [7, 11) is 0. The Morgan fingerprint density at radius 3 is 2.53 bits per heavy atom. The highest BCUT2D eigenvalue weighted by Gasteiger charge is 2.22. The predicted octanol–water partition coefficient (Wildman–Crippen LogP) is 5.09. The van der Waals surface area contributed by atoms with E-state index in [1.807, 2.05) is 36.4 Å². The van der Waals surface area contributed by atoms with Gasteiger partial charge in [0, 0.05) is 11.5 Å². The molecule has 0 aliphatic rings. The van der Waals surface area contributed by atoms with Crippen molar-refractivity contribution in [3.05, 3.63) is 72.2 Å². The number of anilines is 1. The standard InChI is InChI=1S/C23H22FN5O2S/c1-23(2,3)18-13-19(29(28-18)15-9-5-4-6-10-15)25-20(30)14-32-22-27-26-21(31-22)16-11-7-8-12-17(16)24/h4-13H,14H2,1-3H3,(H,25,30). The number of nitrogens with one attached hydrogen (secondary N) is 1. The minimum absolute atomic E-state index is 0.0454. The molecule has 1 N–H and O–H groups in total. The summed E-state index contributed by atoms with van der Waals surface area (Å²) in [5, 5.41) is 15.5. The van der Waals surface area contributed by atoms with Crippen LogP contribution in [0.25, 0.3) is 17.1 Å². The SMILES string of the molecule is CC(C)(C)c1cc(NC(=O)CSc2nnc(-c3ccccc3F)o2)n(-c2ccccc2)n1. The Labute approximate surface area is 189 Å². The first-order valence-corrected chi connectivity index (χ1v) is 11.0. The Morgan fingerprint density at radius 2 is 1.81 bits per heavy atom. The van der Waals surface area contributed by atoms with Crippen molar-refractivity contribution in [1.29, 1.82) is 0 Å². The van der Waals surface area contributed by atoms with Gasteiger partial charge in [-0.3, -0.25) is 4.79 Å². The third kappa shape index (κ3) is 4.88. The number of aromatic nitrogens is 4. The van der Waals surface area contributed by atoms with Gasteiger partial charge in [0.15, 0.2) is 0 Å². The van der Waals surface area contributed by atoms with Crippen molar-refractivity contribution in [2.45, 2.75) is 31.4 Å². The molecule has 4 aromatic rings. The van der Waals surface area contributed by atoms with Crippen LogP contribution in [-0.4, -0.2) is 31.6 Å². The van der Waals surface area contributed by atoms with E-state index >= 15 is 0 Å². The number of carbonyl (C=O) groups is 1. The molecule has 0 spiro atoms. The smallest absolute Gasteiger partial charge is 0.277 e. The van der Waals surface area contributed by atoms with Crippen LogP contribution in [0, 0.1) is 5.82 Å². The second-order valence-electron chi connectivity index (χ2n) is 8.10. The van der Waals surface area contributed by atoms with Gasteiger partial charge in [0.1, 0.15) is 11.6 Å². The normalized spacial score (nSPS) is 11.5. The van der Waals surface area contributed by atoms with Crippen LogP contribution in [0.3, 0.4) is 0 Å². The average molecular weight is 452 g/mol. The maximum Gasteiger partial charge on any atom is 0.277 e. The zero-order valence-corrected chi connectivity index (χ0v) is 18.7. The van der Waals surface area contributed by atoms with E-state index in [1.165, 1.54) is 6.07 Å². The zero-order chi connectivity index (χ0) is 22.7. The fraction of sp³-hybridized carbons (Fsp3) is 0.217. The number of rotatable bonds is 6. The second-order valence-corrected chi connectivity index (χ2v) is 9.03. The summed E-state index contributed by atoms with van der Waals surface area (Å²) in [5.74, 6) is -0.0104. The van der Waals surface area contributed by atoms with Gasteiger partial charge >= 0.3 is 0 Å². The van der Waals surface area contributed by atoms with Gasteiger partial charge in [-0.2, -0.15) is 5.10 Å². The maximum absolute atomic E-state index is 13.9. The molecule has 2 aromatic heterocycles. The molecule has 1 amide bonds. The van der Waals surface area contributed by atoms with E-state index in [0.29, 0.717) is 5.82 Å². The first-order valence-electron chi connectivity index (χ1n) is 9.98. The number of hydrogen-bond donors (Lipinski definition) is 1. The van der Waals surface area contributed by atoms with Gasteiger partial charge in [-0.05, 0) is 24.3 Å². The average Bonchev–Trinajstić information content (AvgIpc) is 3.40. The number of carbonyl (C=O) groups excluding carboxylic acids is 1. The number of benzene rings is 2. The fourth-order valence-electron chi connectivity index (χ4n) is 2.92. The van der Waals surface area contributed by atoms with Crippen LogP contribution in [-0.2, 0) is 10.2 Å². The van der Waals surface area contributed by atoms with Crippen LogP contribution in [0.1, 0.15) is 26.5 Å². The van der Waals surface area contributed by atoms with Gasteiger partial charge in [0.25, 0.3) is 11.1 Å². The van der Waals surface area contributed by atoms with Crippen molar-refractivity contribution in [1.82, 2.24) is 20.0 Å². The molecule has 0 aliphatic heterocycles. The summed E-state index contributed by atoms with van der Waals surface area (Å²) in [4.78, 5) is 12.6. The molecule has 7 nitrogen and oxygen atoms in total. The molecule has 9 heteroatoms. The lowest BCUT2D eigenvalue weighted by Gasteiger charge is -2.14. The highest BCUT2D eigenvalue weighted by Crippen LogP contribution is 2.27. The number of halogens is 1. The molecule has 0 atom stereocenters. The van der Waals surface area contributed by atoms with Gasteiger partial charge in [-0.15, -0.1) is 10.2 Å². The fourth-order valence-corrected chi connectivity index (χ4v) is 3.48. The molecule has 2 heterocycles. The molecule has 164 valence electrons. The Hall–Kier alpha value is -3.46. The number of thioether (sulfide) groups is 1. The van der Waals surface area contributed by atoms with E-state index in [-0.39, 0.29) is 33.8 Å². The minimum atomic E-state index is -0.450. The largest absolute Gasteiger partial charge is 0.411 e. The van der Waals surface area contributed by atoms with E-state index in [0.717, 1.165) is 23.1 Å². The summed E-state index contributed by atoms with van der Waals surface area (Å²) in [6.07, 6.45) is 0. The molecule has 32 heavy (non-hydrogen) atoms. The van der Waals surface area contributed by atoms with Gasteiger partial charge in [-0.25, -0.2) is 9.07 Å². The lowest BCUT2D eigenvalue weighted by molar-refractivity contribution is -0.113. The number of hydrogen-bond acceptors (Lipinski definition) is 6. The lowest BCUT2D eigenvalue weighted by atomic mass is 9.92. The van der Waals surface area contributed by atoms with Crippen LogP contribution in [0.2, 0.25) is 0 Å². The number of para-hydroxylation sites is 1. The van der Waals surface area contributed by atoms with Crippen LogP contribution in [0.15, 0.2) is 70.3 Å². The first-order chi connectivity index (χ1) is 15.3. The third-order valence-electron chi connectivity index (χ3n) is 4.58. The summed E-state index contributed by atoms with van der Waals surface area (Å²) >= 11 is 1.08. The highest BCUT2D eigenvalue weighted by atomic mass is 32.2. The Bertz CT molecular complexity index is 1230. The molecule has 2 aromatic carbocycles. The van der Waals surface area contributed by atoms with Gasteiger partial charge < -0.3 is 9.73 Å². The van der Waals surface area contributed by atoms with Crippen LogP contribution < -0.4 is 5.32 Å². The molecule has 4 rings (SSSR count). The monoisotopic (exact) mass is 451 g/mol. The molecule has 0 saturated heterocycles. The van der Waals surface area contributed by atoms with Crippen LogP contribution in [0.4, 0.5) is 10.2 Å². The van der Waals surface area contributed by atoms with Crippen molar-refractivity contribution in [2.24, 2.45) is 0 Å². The minimum Gasteiger partial charge on any atom is -0.411 e. The van der Waals surface area contributed by atoms with E-state index in [4.69, 9.17) is 4.42 Å². The Kier molecular flexibility index (Phi) is 6.09. The summed E-state index contributed by atoms with van der Waals surface area (Å²) in [5.41, 5.74) is 1.74. The Balaban J connectivity index is 1.47. The first kappa shape index (κ1) is 21.8. The van der Waals surface area contributed by atoms with Crippen molar-refractivity contribution in [3.63, 3.8) is 0 Å². The van der Waals surface area contributed by atoms with Crippen LogP contribution in [0.5, 0.6) is 0 Å². The van der Waals surface area contributed by atoms with Crippen molar-refractivity contribution < 1.29 is 13.6 Å². The maximum atomic E-state index is 13.9. The second kappa shape index (κ2) is 8.96. The molecule has 0 fully saturated rings. The highest BCUT2D eigenvalue weighted by molar-refractivity contribution is 7.99. The number of nitrogens with zero attached hydrogens (tertiary/aromatic N) is 4. The molecule has 0 saturated carbocycles. The number of amides is 1. The van der Waals surface area contributed by atoms with E-state index in [1.54, 1.807) is 22.9 Å². The van der Waals surface area contributed by atoms with E-state index in [9.17, 15) is 9.18 Å². The third-order valence-corrected chi connectivity index (χ3v) is 5.40. The molecule has 0 radical (unpaired) electrons. The lowest BCUT2D eigenvalue weighted by Crippen LogP contribution is -2.17. The van der Waals surface area contributed by atoms with Gasteiger partial charge in [-0.1, -0.05) is 62.9 Å². The molecular weight excluding hydrogens is 429 g/mol. The van der Waals surface area contributed by atoms with E-state index in [2.05, 4.69) is 41.4 Å².